The molecule has 4 heterocycles. The fourth-order valence-corrected chi connectivity index (χ4v) is 9.44. The first-order chi connectivity index (χ1) is 28.8. The van der Waals surface area contributed by atoms with Crippen LogP contribution >= 0.6 is 0 Å². The number of para-hydroxylation sites is 6. The number of hydrogen-bond donors (Lipinski definition) is 0. The van der Waals surface area contributed by atoms with Gasteiger partial charge in [-0.05, 0) is 81.7 Å². The Kier molecular flexibility index (Phi) is 7.29. The third-order valence-electron chi connectivity index (χ3n) is 11.9. The first-order valence-electron chi connectivity index (χ1n) is 19.8. The van der Waals surface area contributed by atoms with E-state index in [0.29, 0.717) is 0 Å². The second-order valence-electron chi connectivity index (χ2n) is 15.1. The highest BCUT2D eigenvalue weighted by atomic mass is 16.5. The molecule has 1 aliphatic rings. The van der Waals surface area contributed by atoms with Crippen molar-refractivity contribution in [1.82, 2.24) is 14.1 Å². The molecule has 5 heteroatoms. The quantitative estimate of drug-likeness (QED) is 0.165. The highest BCUT2D eigenvalue weighted by Gasteiger charge is 2.36. The number of nitrogens with zero attached hydrogens (tertiary/aromatic N) is 3. The van der Waals surface area contributed by atoms with Crippen LogP contribution in [0.25, 0.3) is 77.5 Å². The molecular weight excluding hydrogens is 705 g/mol. The highest BCUT2D eigenvalue weighted by Crippen LogP contribution is 2.37. The molecule has 0 saturated heterocycles. The van der Waals surface area contributed by atoms with E-state index in [2.05, 4.69) is 215 Å². The van der Waals surface area contributed by atoms with Gasteiger partial charge in [0.1, 0.15) is 23.1 Å². The van der Waals surface area contributed by atoms with Crippen molar-refractivity contribution in [2.45, 2.75) is 0 Å². The van der Waals surface area contributed by atoms with Gasteiger partial charge in [-0.25, -0.2) is 4.98 Å². The minimum atomic E-state index is -0.103. The van der Waals surface area contributed by atoms with Gasteiger partial charge < -0.3 is 4.74 Å². The lowest BCUT2D eigenvalue weighted by molar-refractivity contribution is 0.487. The van der Waals surface area contributed by atoms with Gasteiger partial charge in [-0.2, -0.15) is 0 Å². The van der Waals surface area contributed by atoms with Crippen molar-refractivity contribution in [1.29, 1.82) is 0 Å². The molecule has 0 unspecified atom stereocenters. The summed E-state index contributed by atoms with van der Waals surface area (Å²) in [5, 5.41) is 4.80. The molecule has 8 aromatic carbocycles. The summed E-state index contributed by atoms with van der Waals surface area (Å²) in [5.41, 5.74) is 12.6. The third-order valence-corrected chi connectivity index (χ3v) is 11.9. The van der Waals surface area contributed by atoms with E-state index in [1.807, 2.05) is 0 Å². The van der Waals surface area contributed by atoms with E-state index < -0.39 is 0 Å². The van der Waals surface area contributed by atoms with E-state index in [4.69, 9.17) is 9.72 Å². The maximum Gasteiger partial charge on any atom is 0.252 e. The number of pyridine rings is 1. The Balaban J connectivity index is 1.22. The number of fused-ring (bicyclic) bond motifs is 8. The third kappa shape index (κ3) is 4.93. The monoisotopic (exact) mass is 739 g/mol. The highest BCUT2D eigenvalue weighted by molar-refractivity contribution is 6.98. The summed E-state index contributed by atoms with van der Waals surface area (Å²) in [5.74, 6) is 3.48. The van der Waals surface area contributed by atoms with Crippen molar-refractivity contribution < 1.29 is 4.74 Å². The zero-order valence-electron chi connectivity index (χ0n) is 31.5. The summed E-state index contributed by atoms with van der Waals surface area (Å²) in [6.45, 7) is -0.103. The Hall–Kier alpha value is -7.63. The maximum atomic E-state index is 6.60. The predicted octanol–water partition coefficient (Wildman–Crippen LogP) is 11.2. The Morgan fingerprint density at radius 1 is 0.362 bits per heavy atom. The summed E-state index contributed by atoms with van der Waals surface area (Å²) in [7, 11) is 0. The van der Waals surface area contributed by atoms with Crippen LogP contribution in [0.2, 0.25) is 0 Å². The van der Waals surface area contributed by atoms with Gasteiger partial charge in [0.25, 0.3) is 6.71 Å². The molecule has 1 aliphatic heterocycles. The summed E-state index contributed by atoms with van der Waals surface area (Å²) in [6, 6.07) is 73.8. The van der Waals surface area contributed by atoms with Crippen LogP contribution in [0, 0.1) is 0 Å². The average molecular weight is 740 g/mol. The van der Waals surface area contributed by atoms with E-state index in [0.717, 1.165) is 67.3 Å². The molecule has 0 bridgehead atoms. The van der Waals surface area contributed by atoms with Crippen molar-refractivity contribution in [3.8, 4) is 45.4 Å². The van der Waals surface area contributed by atoms with Crippen LogP contribution < -0.4 is 21.1 Å². The molecule has 12 rings (SSSR count). The van der Waals surface area contributed by atoms with Crippen LogP contribution in [0.4, 0.5) is 0 Å². The standard InChI is InChI=1S/C53H34BN3O/c1-2-17-35(18-3-1)37-23-16-24-38(53(37)54-43-25-8-14-31-49(43)58-50-32-15-9-26-44(50)54)36-33-51(56-45-27-10-4-19-39(45)40-20-5-11-28-46(40)56)55-52(34-36)57-47-29-12-6-21-41(47)42-22-7-13-30-48(42)57/h1-34H. The Morgan fingerprint density at radius 2 is 0.759 bits per heavy atom. The molecule has 0 radical (unpaired) electrons. The predicted molar refractivity (Wildman–Crippen MR) is 241 cm³/mol. The maximum absolute atomic E-state index is 6.60. The summed E-state index contributed by atoms with van der Waals surface area (Å²) in [4.78, 5) is 5.64. The number of ether oxygens (including phenoxy) is 1. The van der Waals surface area contributed by atoms with E-state index in [-0.39, 0.29) is 6.71 Å². The Morgan fingerprint density at radius 3 is 1.24 bits per heavy atom. The minimum Gasteiger partial charge on any atom is -0.458 e. The molecular formula is C53H34BN3O. The first-order valence-corrected chi connectivity index (χ1v) is 19.8. The van der Waals surface area contributed by atoms with Crippen molar-refractivity contribution in [3.63, 3.8) is 0 Å². The van der Waals surface area contributed by atoms with Crippen LogP contribution in [0.3, 0.4) is 0 Å². The van der Waals surface area contributed by atoms with Crippen molar-refractivity contribution in [3.05, 3.63) is 206 Å². The molecule has 3 aromatic heterocycles. The topological polar surface area (TPSA) is 32.0 Å². The molecule has 0 spiro atoms. The SMILES string of the molecule is c1ccc(-c2cccc(-c3cc(-n4c5ccccc5c5ccccc54)nc(-n4c5ccccc5c5ccccc54)c3)c2B2c3ccccc3Oc3ccccc32)cc1. The van der Waals surface area contributed by atoms with Gasteiger partial charge in [-0.15, -0.1) is 0 Å². The molecule has 11 aromatic rings. The molecule has 0 aliphatic carbocycles. The van der Waals surface area contributed by atoms with Gasteiger partial charge in [0, 0.05) is 21.5 Å². The van der Waals surface area contributed by atoms with E-state index in [9.17, 15) is 0 Å². The van der Waals surface area contributed by atoms with E-state index >= 15 is 0 Å². The minimum absolute atomic E-state index is 0.103. The second-order valence-corrected chi connectivity index (χ2v) is 15.1. The molecule has 0 fully saturated rings. The normalized spacial score (nSPS) is 12.2. The van der Waals surface area contributed by atoms with Gasteiger partial charge in [0.05, 0.1) is 22.1 Å². The zero-order valence-corrected chi connectivity index (χ0v) is 31.5. The van der Waals surface area contributed by atoms with Gasteiger partial charge in [-0.1, -0.05) is 163 Å². The van der Waals surface area contributed by atoms with Gasteiger partial charge in [-0.3, -0.25) is 9.13 Å². The van der Waals surface area contributed by atoms with Gasteiger partial charge in [0.2, 0.25) is 0 Å². The molecule has 270 valence electrons. The van der Waals surface area contributed by atoms with Crippen LogP contribution in [0.1, 0.15) is 0 Å². The molecule has 0 N–H and O–H groups in total. The number of rotatable bonds is 5. The fourth-order valence-electron chi connectivity index (χ4n) is 9.44. The average Bonchev–Trinajstić information content (AvgIpc) is 3.81. The molecule has 58 heavy (non-hydrogen) atoms. The zero-order chi connectivity index (χ0) is 38.2. The van der Waals surface area contributed by atoms with Crippen molar-refractivity contribution in [2.24, 2.45) is 0 Å². The summed E-state index contributed by atoms with van der Waals surface area (Å²) >= 11 is 0. The first kappa shape index (κ1) is 32.6. The molecule has 4 nitrogen and oxygen atoms in total. The van der Waals surface area contributed by atoms with Gasteiger partial charge in [0.15, 0.2) is 0 Å². The van der Waals surface area contributed by atoms with Gasteiger partial charge >= 0.3 is 0 Å². The van der Waals surface area contributed by atoms with Crippen molar-refractivity contribution in [2.75, 3.05) is 0 Å². The lowest BCUT2D eigenvalue weighted by Crippen LogP contribution is -2.56. The van der Waals surface area contributed by atoms with Crippen LogP contribution in [0.5, 0.6) is 11.5 Å². The van der Waals surface area contributed by atoms with E-state index in [1.54, 1.807) is 0 Å². The number of aromatic nitrogens is 3. The molecule has 0 amide bonds. The largest absolute Gasteiger partial charge is 0.458 e. The van der Waals surface area contributed by atoms with Crippen LogP contribution in [-0.2, 0) is 0 Å². The van der Waals surface area contributed by atoms with Crippen molar-refractivity contribution >= 4 is 66.7 Å². The fraction of sp³-hybridized carbons (Fsp3) is 0. The van der Waals surface area contributed by atoms with E-state index in [1.165, 1.54) is 38.1 Å². The smallest absolute Gasteiger partial charge is 0.252 e. The lowest BCUT2D eigenvalue weighted by Gasteiger charge is -2.29. The molecule has 0 atom stereocenters. The lowest BCUT2D eigenvalue weighted by atomic mass is 9.34. The summed E-state index contributed by atoms with van der Waals surface area (Å²) in [6.07, 6.45) is 0. The number of benzene rings is 8. The van der Waals surface area contributed by atoms with Crippen LogP contribution in [0.15, 0.2) is 206 Å². The Labute approximate surface area is 335 Å². The van der Waals surface area contributed by atoms with Crippen LogP contribution in [-0.4, -0.2) is 20.8 Å². The second kappa shape index (κ2) is 13.0. The summed E-state index contributed by atoms with van der Waals surface area (Å²) < 4.78 is 11.3. The number of hydrogen-bond acceptors (Lipinski definition) is 2. The Bertz CT molecular complexity index is 3120. The molecule has 0 saturated carbocycles.